The monoisotopic (exact) mass is 379 g/mol. The second kappa shape index (κ2) is 8.14. The molecule has 7 nitrogen and oxygen atoms in total. The summed E-state index contributed by atoms with van der Waals surface area (Å²) in [5.74, 6) is 2.77. The van der Waals surface area contributed by atoms with Gasteiger partial charge in [0.05, 0.1) is 12.1 Å². The third-order valence-electron chi connectivity index (χ3n) is 5.54. The first-order valence-electron chi connectivity index (χ1n) is 10.0. The predicted octanol–water partition coefficient (Wildman–Crippen LogP) is 2.94. The smallest absolute Gasteiger partial charge is 0.225 e. The van der Waals surface area contributed by atoms with Crippen LogP contribution < -0.4 is 15.5 Å². The fourth-order valence-corrected chi connectivity index (χ4v) is 3.89. The van der Waals surface area contributed by atoms with Crippen LogP contribution in [0.3, 0.4) is 0 Å². The van der Waals surface area contributed by atoms with Gasteiger partial charge in [-0.15, -0.1) is 0 Å². The summed E-state index contributed by atoms with van der Waals surface area (Å²) in [7, 11) is 6.09. The van der Waals surface area contributed by atoms with Crippen LogP contribution in [0.25, 0.3) is 10.9 Å². The number of fused-ring (bicyclic) bond motifs is 1. The van der Waals surface area contributed by atoms with Crippen LogP contribution in [0.4, 0.5) is 11.8 Å². The average molecular weight is 380 g/mol. The standard InChI is InChI=1S/C21H29N7/c1-27(2)20-17-6-4-5-7-18(17)25-21(26-20)24-16-10-8-15(9-11-16)23-14-19-22-12-13-28(19)3/h4-7,12-13,15-16,23H,8-11,14H2,1-3H3,(H,24,25,26). The highest BCUT2D eigenvalue weighted by atomic mass is 15.2. The number of aryl methyl sites for hydroxylation is 1. The topological polar surface area (TPSA) is 70.9 Å². The first kappa shape index (κ1) is 18.7. The van der Waals surface area contributed by atoms with Crippen molar-refractivity contribution < 1.29 is 0 Å². The minimum absolute atomic E-state index is 0.419. The maximum Gasteiger partial charge on any atom is 0.225 e. The molecule has 0 bridgehead atoms. The van der Waals surface area contributed by atoms with Crippen molar-refractivity contribution in [2.75, 3.05) is 24.3 Å². The van der Waals surface area contributed by atoms with E-state index in [1.165, 1.54) is 0 Å². The molecule has 2 heterocycles. The number of aromatic nitrogens is 4. The van der Waals surface area contributed by atoms with E-state index in [4.69, 9.17) is 9.97 Å². The van der Waals surface area contributed by atoms with Gasteiger partial charge in [0.2, 0.25) is 5.95 Å². The third-order valence-corrected chi connectivity index (χ3v) is 5.54. The molecule has 1 aliphatic carbocycles. The maximum atomic E-state index is 4.77. The summed E-state index contributed by atoms with van der Waals surface area (Å²) in [6.07, 6.45) is 8.37. The van der Waals surface area contributed by atoms with Crippen LogP contribution in [0, 0.1) is 0 Å². The molecule has 148 valence electrons. The van der Waals surface area contributed by atoms with Gasteiger partial charge in [0, 0.05) is 51.0 Å². The summed E-state index contributed by atoms with van der Waals surface area (Å²) in [6.45, 7) is 0.826. The number of anilines is 2. The minimum Gasteiger partial charge on any atom is -0.362 e. The Kier molecular flexibility index (Phi) is 5.43. The van der Waals surface area contributed by atoms with E-state index in [9.17, 15) is 0 Å². The second-order valence-corrected chi connectivity index (χ2v) is 7.81. The van der Waals surface area contributed by atoms with Gasteiger partial charge in [-0.1, -0.05) is 12.1 Å². The fraction of sp³-hybridized carbons (Fsp3) is 0.476. The third kappa shape index (κ3) is 4.09. The lowest BCUT2D eigenvalue weighted by molar-refractivity contribution is 0.348. The van der Waals surface area contributed by atoms with Crippen LogP contribution in [-0.4, -0.2) is 45.7 Å². The Morgan fingerprint density at radius 1 is 1.07 bits per heavy atom. The van der Waals surface area contributed by atoms with E-state index in [1.54, 1.807) is 0 Å². The van der Waals surface area contributed by atoms with E-state index in [0.29, 0.717) is 12.1 Å². The molecule has 0 unspecified atom stereocenters. The summed E-state index contributed by atoms with van der Waals surface area (Å²) in [5.41, 5.74) is 0.981. The molecule has 3 aromatic rings. The van der Waals surface area contributed by atoms with Crippen LogP contribution in [0.5, 0.6) is 0 Å². The Labute approximate surface area is 166 Å². The van der Waals surface area contributed by atoms with E-state index >= 15 is 0 Å². The van der Waals surface area contributed by atoms with Crippen molar-refractivity contribution in [1.29, 1.82) is 0 Å². The molecule has 0 atom stereocenters. The highest BCUT2D eigenvalue weighted by Crippen LogP contribution is 2.26. The SMILES string of the molecule is CN(C)c1nc(NC2CCC(NCc3nccn3C)CC2)nc2ccccc12. The van der Waals surface area contributed by atoms with Crippen LogP contribution in [-0.2, 0) is 13.6 Å². The minimum atomic E-state index is 0.419. The highest BCUT2D eigenvalue weighted by Gasteiger charge is 2.22. The summed E-state index contributed by atoms with van der Waals surface area (Å²) < 4.78 is 2.07. The van der Waals surface area contributed by atoms with Gasteiger partial charge in [-0.3, -0.25) is 0 Å². The van der Waals surface area contributed by atoms with Crippen LogP contribution >= 0.6 is 0 Å². The summed E-state index contributed by atoms with van der Waals surface area (Å²) >= 11 is 0. The Morgan fingerprint density at radius 3 is 2.54 bits per heavy atom. The zero-order valence-corrected chi connectivity index (χ0v) is 16.9. The zero-order valence-electron chi connectivity index (χ0n) is 16.9. The van der Waals surface area contributed by atoms with Gasteiger partial charge < -0.3 is 20.1 Å². The van der Waals surface area contributed by atoms with Crippen molar-refractivity contribution in [1.82, 2.24) is 24.8 Å². The molecule has 1 aromatic carbocycles. The number of nitrogens with one attached hydrogen (secondary N) is 2. The molecule has 28 heavy (non-hydrogen) atoms. The van der Waals surface area contributed by atoms with E-state index in [-0.39, 0.29) is 0 Å². The molecule has 1 fully saturated rings. The molecule has 0 aliphatic heterocycles. The van der Waals surface area contributed by atoms with Crippen molar-refractivity contribution in [2.45, 2.75) is 44.3 Å². The number of nitrogens with zero attached hydrogens (tertiary/aromatic N) is 5. The number of hydrogen-bond donors (Lipinski definition) is 2. The van der Waals surface area contributed by atoms with Crippen LogP contribution in [0.2, 0.25) is 0 Å². The Morgan fingerprint density at radius 2 is 1.82 bits per heavy atom. The summed E-state index contributed by atoms with van der Waals surface area (Å²) in [4.78, 5) is 15.9. The Bertz CT molecular complexity index is 925. The largest absolute Gasteiger partial charge is 0.362 e. The normalized spacial score (nSPS) is 19.7. The van der Waals surface area contributed by atoms with Crippen molar-refractivity contribution in [3.63, 3.8) is 0 Å². The zero-order chi connectivity index (χ0) is 19.5. The summed E-state index contributed by atoms with van der Waals surface area (Å²) in [6, 6.07) is 9.15. The Balaban J connectivity index is 1.36. The molecule has 0 saturated heterocycles. The lowest BCUT2D eigenvalue weighted by Gasteiger charge is -2.30. The molecule has 1 saturated carbocycles. The molecule has 0 radical (unpaired) electrons. The first-order chi connectivity index (χ1) is 13.6. The number of rotatable bonds is 6. The van der Waals surface area contributed by atoms with Gasteiger partial charge in [-0.2, -0.15) is 4.98 Å². The molecule has 0 amide bonds. The lowest BCUT2D eigenvalue weighted by atomic mass is 9.91. The van der Waals surface area contributed by atoms with Crippen molar-refractivity contribution in [3.8, 4) is 0 Å². The summed E-state index contributed by atoms with van der Waals surface area (Å²) in [5, 5.41) is 8.31. The lowest BCUT2D eigenvalue weighted by Crippen LogP contribution is -2.37. The number of benzene rings is 1. The Hall–Kier alpha value is -2.67. The molecule has 4 rings (SSSR count). The number of imidazole rings is 1. The number of para-hydroxylation sites is 1. The molecule has 2 aromatic heterocycles. The highest BCUT2D eigenvalue weighted by molar-refractivity contribution is 5.90. The van der Waals surface area contributed by atoms with Gasteiger partial charge in [-0.25, -0.2) is 9.97 Å². The van der Waals surface area contributed by atoms with Gasteiger partial charge >= 0.3 is 0 Å². The molecule has 0 spiro atoms. The van der Waals surface area contributed by atoms with Gasteiger partial charge in [0.15, 0.2) is 0 Å². The molecule has 1 aliphatic rings. The van der Waals surface area contributed by atoms with Crippen molar-refractivity contribution >= 4 is 22.7 Å². The second-order valence-electron chi connectivity index (χ2n) is 7.81. The number of hydrogen-bond acceptors (Lipinski definition) is 6. The molecule has 2 N–H and O–H groups in total. The van der Waals surface area contributed by atoms with E-state index in [1.807, 2.05) is 56.6 Å². The van der Waals surface area contributed by atoms with Crippen molar-refractivity contribution in [3.05, 3.63) is 42.5 Å². The van der Waals surface area contributed by atoms with Crippen molar-refractivity contribution in [2.24, 2.45) is 7.05 Å². The van der Waals surface area contributed by atoms with E-state index in [2.05, 4.69) is 26.3 Å². The molecular weight excluding hydrogens is 350 g/mol. The van der Waals surface area contributed by atoms with E-state index < -0.39 is 0 Å². The average Bonchev–Trinajstić information content (AvgIpc) is 3.11. The van der Waals surface area contributed by atoms with Gasteiger partial charge in [0.1, 0.15) is 11.6 Å². The fourth-order valence-electron chi connectivity index (χ4n) is 3.89. The maximum absolute atomic E-state index is 4.77. The van der Waals surface area contributed by atoms with Crippen LogP contribution in [0.1, 0.15) is 31.5 Å². The van der Waals surface area contributed by atoms with Gasteiger partial charge in [0.25, 0.3) is 0 Å². The molecule has 7 heteroatoms. The first-order valence-corrected chi connectivity index (χ1v) is 10.0. The van der Waals surface area contributed by atoms with Crippen LogP contribution in [0.15, 0.2) is 36.7 Å². The van der Waals surface area contributed by atoms with E-state index in [0.717, 1.165) is 60.7 Å². The quantitative estimate of drug-likeness (QED) is 0.686. The van der Waals surface area contributed by atoms with Gasteiger partial charge in [-0.05, 0) is 37.8 Å². The predicted molar refractivity (Wildman–Crippen MR) is 114 cm³/mol. The molecular formula is C21H29N7.